The Hall–Kier alpha value is -11.7. The van der Waals surface area contributed by atoms with Crippen LogP contribution in [-0.2, 0) is 6.18 Å². The van der Waals surface area contributed by atoms with E-state index in [9.17, 15) is 34.2 Å². The summed E-state index contributed by atoms with van der Waals surface area (Å²) in [6, 6.07) is 79.3. The zero-order valence-corrected chi connectivity index (χ0v) is 44.1. The molecule has 13 aromatic rings. The molecule has 0 saturated carbocycles. The van der Waals surface area contributed by atoms with Gasteiger partial charge in [-0.15, -0.1) is 0 Å². The fraction of sp³-hybridized carbons (Fsp3) is 0.0274. The summed E-state index contributed by atoms with van der Waals surface area (Å²) < 4.78 is 47.0. The normalized spacial score (nSPS) is 11.3. The molecule has 0 unspecified atom stereocenters. The van der Waals surface area contributed by atoms with Crippen LogP contribution in [0.1, 0.15) is 33.4 Å². The van der Waals surface area contributed by atoms with Gasteiger partial charge < -0.3 is 9.13 Å². The van der Waals surface area contributed by atoms with Crippen molar-refractivity contribution in [2.24, 2.45) is 0 Å². The van der Waals surface area contributed by atoms with Crippen LogP contribution in [0.5, 0.6) is 0 Å². The largest absolute Gasteiger partial charge is 0.416 e. The van der Waals surface area contributed by atoms with E-state index in [0.717, 1.165) is 105 Å². The van der Waals surface area contributed by atoms with Crippen molar-refractivity contribution in [1.82, 2.24) is 9.13 Å². The minimum absolute atomic E-state index is 0.409. The van der Waals surface area contributed by atoms with Gasteiger partial charge in [0.05, 0.1) is 92.1 Å². The number of nitrogens with zero attached hydrogens (tertiary/aromatic N) is 7. The maximum absolute atomic E-state index is 14.2. The lowest BCUT2D eigenvalue weighted by Crippen LogP contribution is -2.05. The first kappa shape index (κ1) is 50.7. The maximum Gasteiger partial charge on any atom is 0.416 e. The van der Waals surface area contributed by atoms with Gasteiger partial charge in [-0.1, -0.05) is 103 Å². The number of aryl methyl sites for hydroxylation is 1. The number of hydrogen-bond donors (Lipinski definition) is 0. The van der Waals surface area contributed by atoms with Crippen LogP contribution in [0.25, 0.3) is 127 Å². The summed E-state index contributed by atoms with van der Waals surface area (Å²) in [6.07, 6.45) is -4.54. The van der Waals surface area contributed by atoms with E-state index in [4.69, 9.17) is 6.57 Å². The van der Waals surface area contributed by atoms with E-state index in [-0.39, 0.29) is 0 Å². The van der Waals surface area contributed by atoms with Crippen molar-refractivity contribution in [3.05, 3.63) is 269 Å². The van der Waals surface area contributed by atoms with E-state index < -0.39 is 11.7 Å². The van der Waals surface area contributed by atoms with Crippen LogP contribution in [0.2, 0.25) is 0 Å². The summed E-state index contributed by atoms with van der Waals surface area (Å²) in [5.41, 5.74) is 16.7. The number of aromatic nitrogens is 2. The van der Waals surface area contributed by atoms with Gasteiger partial charge in [-0.05, 0) is 189 Å². The zero-order valence-electron chi connectivity index (χ0n) is 44.1. The number of hydrogen-bond acceptors (Lipinski definition) is 4. The van der Waals surface area contributed by atoms with Crippen molar-refractivity contribution < 1.29 is 13.2 Å². The molecular weight excluding hydrogens is 1030 g/mol. The van der Waals surface area contributed by atoms with Crippen molar-refractivity contribution in [2.75, 3.05) is 0 Å². The predicted octanol–water partition coefficient (Wildman–Crippen LogP) is 19.2. The van der Waals surface area contributed by atoms with E-state index in [2.05, 4.69) is 86.8 Å². The Balaban J connectivity index is 1.11. The second-order valence-electron chi connectivity index (χ2n) is 20.4. The highest BCUT2D eigenvalue weighted by atomic mass is 19.4. The first-order chi connectivity index (χ1) is 40.4. The number of alkyl halides is 3. The molecule has 0 amide bonds. The monoisotopic (exact) mass is 1070 g/mol. The van der Waals surface area contributed by atoms with Gasteiger partial charge in [-0.3, -0.25) is 0 Å². The minimum Gasteiger partial charge on any atom is -0.309 e. The van der Waals surface area contributed by atoms with E-state index in [1.54, 1.807) is 37.3 Å². The quantitative estimate of drug-likeness (QED) is 0.141. The second kappa shape index (κ2) is 20.2. The molecule has 0 radical (unpaired) electrons. The minimum atomic E-state index is -4.54. The van der Waals surface area contributed by atoms with Gasteiger partial charge in [0, 0.05) is 32.7 Å². The fourth-order valence-corrected chi connectivity index (χ4v) is 11.6. The van der Waals surface area contributed by atoms with E-state index in [0.29, 0.717) is 56.0 Å². The lowest BCUT2D eigenvalue weighted by atomic mass is 9.93. The molecule has 13 rings (SSSR count). The molecule has 0 aliphatic heterocycles. The Bertz CT molecular complexity index is 4890. The Morgan fingerprint density at radius 2 is 0.723 bits per heavy atom. The Kier molecular flexibility index (Phi) is 12.3. The number of rotatable bonds is 8. The Morgan fingerprint density at radius 1 is 0.361 bits per heavy atom. The predicted molar refractivity (Wildman–Crippen MR) is 323 cm³/mol. The Morgan fingerprint density at radius 3 is 1.13 bits per heavy atom. The first-order valence-corrected chi connectivity index (χ1v) is 26.5. The van der Waals surface area contributed by atoms with Crippen molar-refractivity contribution in [3.8, 4) is 102 Å². The molecule has 388 valence electrons. The van der Waals surface area contributed by atoms with E-state index in [1.165, 1.54) is 12.1 Å². The van der Waals surface area contributed by atoms with Crippen LogP contribution < -0.4 is 0 Å². The molecule has 0 saturated heterocycles. The molecular formula is C73H40F3N7. The van der Waals surface area contributed by atoms with Crippen LogP contribution in [0.15, 0.2) is 224 Å². The average Bonchev–Trinajstić information content (AvgIpc) is 4.18. The molecule has 0 N–H and O–H groups in total. The van der Waals surface area contributed by atoms with Crippen LogP contribution in [-0.4, -0.2) is 9.13 Å². The highest BCUT2D eigenvalue weighted by Crippen LogP contribution is 2.46. The number of halogens is 3. The van der Waals surface area contributed by atoms with Crippen molar-refractivity contribution in [2.45, 2.75) is 13.1 Å². The van der Waals surface area contributed by atoms with Crippen molar-refractivity contribution in [1.29, 1.82) is 21.0 Å². The molecule has 0 bridgehead atoms. The third-order valence-electron chi connectivity index (χ3n) is 15.6. The third-order valence-corrected chi connectivity index (χ3v) is 15.6. The molecule has 0 fully saturated rings. The summed E-state index contributed by atoms with van der Waals surface area (Å²) in [5, 5.41) is 44.0. The van der Waals surface area contributed by atoms with Crippen molar-refractivity contribution in [3.63, 3.8) is 0 Å². The molecule has 10 heteroatoms. The lowest BCUT2D eigenvalue weighted by molar-refractivity contribution is -0.137. The topological polar surface area (TPSA) is 109 Å². The summed E-state index contributed by atoms with van der Waals surface area (Å²) in [5.74, 6) is 0. The lowest BCUT2D eigenvalue weighted by Gasteiger charge is -2.21. The molecule has 0 aliphatic rings. The first-order valence-electron chi connectivity index (χ1n) is 26.5. The molecule has 0 spiro atoms. The van der Waals surface area contributed by atoms with Gasteiger partial charge in [0.15, 0.2) is 5.69 Å². The van der Waals surface area contributed by atoms with E-state index in [1.807, 2.05) is 127 Å². The van der Waals surface area contributed by atoms with Gasteiger partial charge in [0.2, 0.25) is 0 Å². The molecule has 2 heterocycles. The number of nitriles is 4. The summed E-state index contributed by atoms with van der Waals surface area (Å²) in [4.78, 5) is 3.71. The summed E-state index contributed by atoms with van der Waals surface area (Å²) in [7, 11) is 0. The molecule has 0 atom stereocenters. The zero-order chi connectivity index (χ0) is 57.1. The number of benzene rings is 11. The molecule has 11 aromatic carbocycles. The van der Waals surface area contributed by atoms with Crippen molar-refractivity contribution >= 4 is 49.3 Å². The maximum atomic E-state index is 14.2. The third kappa shape index (κ3) is 8.95. The number of fused-ring (bicyclic) bond motifs is 6. The Labute approximate surface area is 475 Å². The molecule has 2 aromatic heterocycles. The average molecular weight is 1070 g/mol. The van der Waals surface area contributed by atoms with Crippen LogP contribution in [0.3, 0.4) is 0 Å². The fourth-order valence-electron chi connectivity index (χ4n) is 11.6. The van der Waals surface area contributed by atoms with Gasteiger partial charge in [0.1, 0.15) is 0 Å². The molecule has 0 aliphatic carbocycles. The van der Waals surface area contributed by atoms with Crippen LogP contribution in [0.4, 0.5) is 18.9 Å². The van der Waals surface area contributed by atoms with Crippen LogP contribution >= 0.6 is 0 Å². The second-order valence-corrected chi connectivity index (χ2v) is 20.4. The standard InChI is InChI=1S/C73H40F3N7/c1-44-29-58(73(74,75)76)21-24-60(44)57-16-23-62(72(39-57)83-69-27-19-55(51-12-5-9-47(32-51)42-79)37-65(69)66-38-56(20-28-70(66)83)52-13-6-14-59(34-52)81-2)61-22-15-48(43-80)33-71(61)82-67-25-17-53(49-10-3-7-45(30-49)40-77)35-63(67)64-36-54(18-26-68(64)82)50-11-4-8-46(31-50)41-78/h3-39H,1H3. The van der Waals surface area contributed by atoms with E-state index >= 15 is 0 Å². The van der Waals surface area contributed by atoms with Gasteiger partial charge in [0.25, 0.3) is 0 Å². The smallest absolute Gasteiger partial charge is 0.309 e. The SMILES string of the molecule is [C-]#[N+]c1cccc(-c2ccc3c(c2)c2cc(-c4cccc(C#N)c4)ccc2n3-c2cc(-c3ccc(C(F)(F)F)cc3C)ccc2-c2ccc(C#N)cc2-n2c3ccc(-c4cccc(C#N)c4)cc3c3cc(-c4cccc(C#N)c4)ccc32)c1. The van der Waals surface area contributed by atoms with Gasteiger partial charge >= 0.3 is 6.18 Å². The summed E-state index contributed by atoms with van der Waals surface area (Å²) in [6.45, 7) is 9.47. The van der Waals surface area contributed by atoms with Gasteiger partial charge in [-0.2, -0.15) is 34.2 Å². The summed E-state index contributed by atoms with van der Waals surface area (Å²) >= 11 is 0. The highest BCUT2D eigenvalue weighted by Gasteiger charge is 2.31. The highest BCUT2D eigenvalue weighted by molar-refractivity contribution is 6.14. The molecule has 7 nitrogen and oxygen atoms in total. The van der Waals surface area contributed by atoms with Crippen LogP contribution in [0, 0.1) is 58.8 Å². The van der Waals surface area contributed by atoms with Gasteiger partial charge in [-0.25, -0.2) is 4.85 Å². The molecule has 83 heavy (non-hydrogen) atoms.